The molecule has 0 heterocycles. The van der Waals surface area contributed by atoms with Crippen molar-refractivity contribution >= 4 is 21.9 Å². The molecule has 15 heavy (non-hydrogen) atoms. The predicted octanol–water partition coefficient (Wildman–Crippen LogP) is 2.44. The standard InChI is InChI=1S/C10H11BrO4/c1-5(2-9(13)14)7-3-6(11)4-8(12)10(7)15/h3-5,12,15H,2H2,1H3,(H,13,14). The molecule has 0 saturated carbocycles. The maximum atomic E-state index is 10.5. The Morgan fingerprint density at radius 3 is 2.60 bits per heavy atom. The molecule has 5 heteroatoms. The van der Waals surface area contributed by atoms with Crippen molar-refractivity contribution in [2.24, 2.45) is 0 Å². The highest BCUT2D eigenvalue weighted by molar-refractivity contribution is 9.10. The summed E-state index contributed by atoms with van der Waals surface area (Å²) in [5.41, 5.74) is 0.421. The summed E-state index contributed by atoms with van der Waals surface area (Å²) >= 11 is 3.16. The zero-order valence-corrected chi connectivity index (χ0v) is 9.65. The van der Waals surface area contributed by atoms with Crippen molar-refractivity contribution in [3.63, 3.8) is 0 Å². The maximum absolute atomic E-state index is 10.5. The summed E-state index contributed by atoms with van der Waals surface area (Å²) in [4.78, 5) is 10.5. The molecule has 0 aliphatic carbocycles. The van der Waals surface area contributed by atoms with Crippen LogP contribution in [-0.4, -0.2) is 21.3 Å². The van der Waals surface area contributed by atoms with Gasteiger partial charge in [0.05, 0.1) is 6.42 Å². The van der Waals surface area contributed by atoms with Crippen LogP contribution in [0, 0.1) is 0 Å². The normalized spacial score (nSPS) is 12.4. The lowest BCUT2D eigenvalue weighted by Gasteiger charge is -2.12. The minimum atomic E-state index is -0.943. The first kappa shape index (κ1) is 11.8. The number of phenols is 2. The number of benzene rings is 1. The molecule has 1 aromatic rings. The highest BCUT2D eigenvalue weighted by Crippen LogP contribution is 2.37. The van der Waals surface area contributed by atoms with Gasteiger partial charge >= 0.3 is 5.97 Å². The number of phenolic OH excluding ortho intramolecular Hbond substituents is 2. The van der Waals surface area contributed by atoms with Gasteiger partial charge in [-0.1, -0.05) is 22.9 Å². The van der Waals surface area contributed by atoms with E-state index in [0.29, 0.717) is 10.0 Å². The van der Waals surface area contributed by atoms with Crippen molar-refractivity contribution in [1.29, 1.82) is 0 Å². The SMILES string of the molecule is CC(CC(=O)O)c1cc(Br)cc(O)c1O. The van der Waals surface area contributed by atoms with Crippen molar-refractivity contribution in [2.75, 3.05) is 0 Å². The van der Waals surface area contributed by atoms with Gasteiger partial charge in [-0.05, 0) is 18.1 Å². The van der Waals surface area contributed by atoms with Crippen LogP contribution in [0.2, 0.25) is 0 Å². The fourth-order valence-corrected chi connectivity index (χ4v) is 1.82. The van der Waals surface area contributed by atoms with Gasteiger partial charge in [0.2, 0.25) is 0 Å². The molecule has 1 unspecified atom stereocenters. The third-order valence-electron chi connectivity index (χ3n) is 2.10. The van der Waals surface area contributed by atoms with Crippen molar-refractivity contribution in [3.8, 4) is 11.5 Å². The largest absolute Gasteiger partial charge is 0.504 e. The molecular formula is C10H11BrO4. The highest BCUT2D eigenvalue weighted by atomic mass is 79.9. The topological polar surface area (TPSA) is 77.8 Å². The fraction of sp³-hybridized carbons (Fsp3) is 0.300. The minimum Gasteiger partial charge on any atom is -0.504 e. The molecule has 0 radical (unpaired) electrons. The van der Waals surface area contributed by atoms with E-state index in [1.54, 1.807) is 13.0 Å². The maximum Gasteiger partial charge on any atom is 0.303 e. The van der Waals surface area contributed by atoms with Crippen molar-refractivity contribution < 1.29 is 20.1 Å². The van der Waals surface area contributed by atoms with E-state index in [1.165, 1.54) is 6.07 Å². The van der Waals surface area contributed by atoms with Crippen LogP contribution in [0.1, 0.15) is 24.8 Å². The Morgan fingerprint density at radius 2 is 2.07 bits per heavy atom. The van der Waals surface area contributed by atoms with E-state index in [4.69, 9.17) is 5.11 Å². The molecule has 1 rings (SSSR count). The second-order valence-corrected chi connectivity index (χ2v) is 4.28. The van der Waals surface area contributed by atoms with E-state index < -0.39 is 5.97 Å². The molecule has 3 N–H and O–H groups in total. The second-order valence-electron chi connectivity index (χ2n) is 3.36. The molecule has 0 spiro atoms. The first-order chi connectivity index (χ1) is 6.91. The van der Waals surface area contributed by atoms with Crippen LogP contribution in [0.15, 0.2) is 16.6 Å². The smallest absolute Gasteiger partial charge is 0.303 e. The van der Waals surface area contributed by atoms with E-state index in [-0.39, 0.29) is 23.8 Å². The van der Waals surface area contributed by atoms with Gasteiger partial charge in [0, 0.05) is 10.0 Å². The highest BCUT2D eigenvalue weighted by Gasteiger charge is 2.17. The van der Waals surface area contributed by atoms with Crippen molar-refractivity contribution in [3.05, 3.63) is 22.2 Å². The molecule has 0 saturated heterocycles. The predicted molar refractivity (Wildman–Crippen MR) is 58.1 cm³/mol. The summed E-state index contributed by atoms with van der Waals surface area (Å²) in [5, 5.41) is 27.5. The fourth-order valence-electron chi connectivity index (χ4n) is 1.35. The lowest BCUT2D eigenvalue weighted by atomic mass is 9.96. The van der Waals surface area contributed by atoms with Gasteiger partial charge in [-0.15, -0.1) is 0 Å². The van der Waals surface area contributed by atoms with Crippen LogP contribution in [0.5, 0.6) is 11.5 Å². The Hall–Kier alpha value is -1.23. The Bertz CT molecular complexity index is 389. The average Bonchev–Trinajstić information content (AvgIpc) is 2.09. The van der Waals surface area contributed by atoms with Crippen LogP contribution >= 0.6 is 15.9 Å². The molecule has 0 amide bonds. The van der Waals surface area contributed by atoms with E-state index in [9.17, 15) is 15.0 Å². The summed E-state index contributed by atoms with van der Waals surface area (Å²) < 4.78 is 0.602. The van der Waals surface area contributed by atoms with E-state index >= 15 is 0 Å². The van der Waals surface area contributed by atoms with Crippen LogP contribution in [0.3, 0.4) is 0 Å². The monoisotopic (exact) mass is 274 g/mol. The van der Waals surface area contributed by atoms with Crippen LogP contribution < -0.4 is 0 Å². The number of halogens is 1. The molecule has 1 aromatic carbocycles. The summed E-state index contributed by atoms with van der Waals surface area (Å²) in [6.07, 6.45) is -0.0938. The Balaban J connectivity index is 3.07. The van der Waals surface area contributed by atoms with Crippen LogP contribution in [0.25, 0.3) is 0 Å². The Kier molecular flexibility index (Phi) is 3.57. The summed E-state index contributed by atoms with van der Waals surface area (Å²) in [5.74, 6) is -1.81. The Labute approximate surface area is 95.3 Å². The third kappa shape index (κ3) is 2.86. The third-order valence-corrected chi connectivity index (χ3v) is 2.55. The van der Waals surface area contributed by atoms with E-state index in [1.807, 2.05) is 0 Å². The molecule has 0 aliphatic rings. The number of rotatable bonds is 3. The van der Waals surface area contributed by atoms with Gasteiger partial charge in [-0.25, -0.2) is 0 Å². The lowest BCUT2D eigenvalue weighted by Crippen LogP contribution is -2.03. The van der Waals surface area contributed by atoms with Gasteiger partial charge in [0.25, 0.3) is 0 Å². The molecule has 0 aliphatic heterocycles. The zero-order chi connectivity index (χ0) is 11.6. The first-order valence-corrected chi connectivity index (χ1v) is 5.14. The Morgan fingerprint density at radius 1 is 1.47 bits per heavy atom. The molecule has 0 fully saturated rings. The molecule has 1 atom stereocenters. The van der Waals surface area contributed by atoms with Crippen LogP contribution in [-0.2, 0) is 4.79 Å². The minimum absolute atomic E-state index is 0.0938. The van der Waals surface area contributed by atoms with Gasteiger partial charge in [-0.3, -0.25) is 4.79 Å². The van der Waals surface area contributed by atoms with Crippen LogP contribution in [0.4, 0.5) is 0 Å². The number of carboxylic acids is 1. The summed E-state index contributed by atoms with van der Waals surface area (Å²) in [7, 11) is 0. The first-order valence-electron chi connectivity index (χ1n) is 4.35. The van der Waals surface area contributed by atoms with Crippen molar-refractivity contribution in [1.82, 2.24) is 0 Å². The average molecular weight is 275 g/mol. The number of carbonyl (C=O) groups is 1. The molecule has 4 nitrogen and oxygen atoms in total. The molecule has 0 bridgehead atoms. The zero-order valence-electron chi connectivity index (χ0n) is 8.07. The number of aliphatic carboxylic acids is 1. The second kappa shape index (κ2) is 4.53. The summed E-state index contributed by atoms with van der Waals surface area (Å²) in [6, 6.07) is 2.95. The number of carboxylic acid groups (broad SMARTS) is 1. The van der Waals surface area contributed by atoms with Crippen molar-refractivity contribution in [2.45, 2.75) is 19.3 Å². The number of hydrogen-bond donors (Lipinski definition) is 3. The molecule has 0 aromatic heterocycles. The summed E-state index contributed by atoms with van der Waals surface area (Å²) in [6.45, 7) is 1.68. The molecular weight excluding hydrogens is 264 g/mol. The van der Waals surface area contributed by atoms with Gasteiger partial charge in [-0.2, -0.15) is 0 Å². The number of hydrogen-bond acceptors (Lipinski definition) is 3. The van der Waals surface area contributed by atoms with Gasteiger partial charge in [0.15, 0.2) is 11.5 Å². The van der Waals surface area contributed by atoms with Gasteiger partial charge < -0.3 is 15.3 Å². The number of aromatic hydroxyl groups is 2. The lowest BCUT2D eigenvalue weighted by molar-refractivity contribution is -0.137. The van der Waals surface area contributed by atoms with Gasteiger partial charge in [0.1, 0.15) is 0 Å². The van der Waals surface area contributed by atoms with E-state index in [2.05, 4.69) is 15.9 Å². The molecule has 82 valence electrons. The van der Waals surface area contributed by atoms with E-state index in [0.717, 1.165) is 0 Å². The quantitative estimate of drug-likeness (QED) is 0.740.